The molecule has 0 saturated carbocycles. The molecular formula is C22H23N3O2. The number of amides is 1. The number of benzene rings is 2. The van der Waals surface area contributed by atoms with Gasteiger partial charge in [-0.15, -0.1) is 0 Å². The summed E-state index contributed by atoms with van der Waals surface area (Å²) >= 11 is 0. The van der Waals surface area contributed by atoms with Crippen molar-refractivity contribution in [3.8, 4) is 11.4 Å². The van der Waals surface area contributed by atoms with Crippen LogP contribution in [0.15, 0.2) is 73.1 Å². The molecule has 4 rings (SSSR count). The van der Waals surface area contributed by atoms with Crippen LogP contribution in [-0.4, -0.2) is 40.3 Å². The lowest BCUT2D eigenvalue weighted by molar-refractivity contribution is 0.0661. The van der Waals surface area contributed by atoms with Gasteiger partial charge >= 0.3 is 0 Å². The Labute approximate surface area is 159 Å². The number of hydrogen-bond donors (Lipinski definition) is 0. The van der Waals surface area contributed by atoms with E-state index in [1.165, 1.54) is 0 Å². The minimum absolute atomic E-state index is 0.0727. The van der Waals surface area contributed by atoms with Crippen molar-refractivity contribution in [2.24, 2.45) is 5.92 Å². The maximum atomic E-state index is 13.1. The van der Waals surface area contributed by atoms with Crippen molar-refractivity contribution in [2.45, 2.75) is 12.8 Å². The molecule has 0 atom stereocenters. The lowest BCUT2D eigenvalue weighted by Gasteiger charge is -2.32. The molecule has 1 amide bonds. The summed E-state index contributed by atoms with van der Waals surface area (Å²) in [6.45, 7) is 2.22. The number of carbonyl (C=O) groups is 1. The first-order valence-electron chi connectivity index (χ1n) is 9.37. The van der Waals surface area contributed by atoms with Crippen molar-refractivity contribution in [3.05, 3.63) is 78.6 Å². The number of aromatic nitrogens is 2. The molecular weight excluding hydrogens is 338 g/mol. The standard InChI is InChI=1S/C22H23N3O2/c26-22(20-9-4-5-10-21(20)25-14-6-13-23-25)24-15-11-18(12-16-24)17-27-19-7-2-1-3-8-19/h1-10,13-14,18H,11-12,15-17H2. The van der Waals surface area contributed by atoms with Gasteiger partial charge in [0.15, 0.2) is 0 Å². The zero-order valence-electron chi connectivity index (χ0n) is 15.2. The van der Waals surface area contributed by atoms with E-state index in [2.05, 4.69) is 5.10 Å². The second-order valence-corrected chi connectivity index (χ2v) is 6.83. The maximum Gasteiger partial charge on any atom is 0.256 e. The highest BCUT2D eigenvalue weighted by Gasteiger charge is 2.25. The van der Waals surface area contributed by atoms with Gasteiger partial charge in [0.1, 0.15) is 5.75 Å². The smallest absolute Gasteiger partial charge is 0.256 e. The summed E-state index contributed by atoms with van der Waals surface area (Å²) in [6, 6.07) is 19.4. The van der Waals surface area contributed by atoms with E-state index in [-0.39, 0.29) is 5.91 Å². The first-order valence-corrected chi connectivity index (χ1v) is 9.37. The highest BCUT2D eigenvalue weighted by atomic mass is 16.5. The zero-order chi connectivity index (χ0) is 18.5. The Balaban J connectivity index is 1.37. The molecule has 0 bridgehead atoms. The summed E-state index contributed by atoms with van der Waals surface area (Å²) in [7, 11) is 0. The summed E-state index contributed by atoms with van der Waals surface area (Å²) in [5.41, 5.74) is 1.52. The van der Waals surface area contributed by atoms with Gasteiger partial charge in [-0.05, 0) is 49.1 Å². The van der Waals surface area contributed by atoms with Crippen molar-refractivity contribution < 1.29 is 9.53 Å². The maximum absolute atomic E-state index is 13.1. The van der Waals surface area contributed by atoms with Gasteiger partial charge in [-0.2, -0.15) is 5.10 Å². The largest absolute Gasteiger partial charge is 0.493 e. The van der Waals surface area contributed by atoms with E-state index in [1.54, 1.807) is 10.9 Å². The molecule has 1 aliphatic heterocycles. The summed E-state index contributed by atoms with van der Waals surface area (Å²) < 4.78 is 7.62. The Morgan fingerprint density at radius 2 is 1.74 bits per heavy atom. The van der Waals surface area contributed by atoms with Crippen molar-refractivity contribution in [3.63, 3.8) is 0 Å². The molecule has 0 radical (unpaired) electrons. The van der Waals surface area contributed by atoms with E-state index in [0.29, 0.717) is 18.1 Å². The number of ether oxygens (including phenoxy) is 1. The number of likely N-dealkylation sites (tertiary alicyclic amines) is 1. The molecule has 0 spiro atoms. The van der Waals surface area contributed by atoms with Crippen LogP contribution in [-0.2, 0) is 0 Å². The van der Waals surface area contributed by atoms with Gasteiger partial charge in [-0.25, -0.2) is 4.68 Å². The molecule has 5 nitrogen and oxygen atoms in total. The predicted octanol–water partition coefficient (Wildman–Crippen LogP) is 3.80. The minimum atomic E-state index is 0.0727. The van der Waals surface area contributed by atoms with Crippen LogP contribution in [0.25, 0.3) is 5.69 Å². The van der Waals surface area contributed by atoms with Gasteiger partial charge in [0, 0.05) is 25.5 Å². The molecule has 1 aromatic heterocycles. The third-order valence-corrected chi connectivity index (χ3v) is 5.02. The van der Waals surface area contributed by atoms with E-state index in [4.69, 9.17) is 4.74 Å². The molecule has 1 saturated heterocycles. The van der Waals surface area contributed by atoms with Crippen LogP contribution in [0.2, 0.25) is 0 Å². The lowest BCUT2D eigenvalue weighted by Crippen LogP contribution is -2.40. The Morgan fingerprint density at radius 3 is 2.48 bits per heavy atom. The van der Waals surface area contributed by atoms with Crippen LogP contribution >= 0.6 is 0 Å². The molecule has 27 heavy (non-hydrogen) atoms. The fraction of sp³-hybridized carbons (Fsp3) is 0.273. The molecule has 0 unspecified atom stereocenters. The molecule has 0 N–H and O–H groups in total. The second-order valence-electron chi connectivity index (χ2n) is 6.83. The molecule has 2 aromatic carbocycles. The number of para-hydroxylation sites is 2. The Bertz CT molecular complexity index is 870. The molecule has 138 valence electrons. The van der Waals surface area contributed by atoms with E-state index >= 15 is 0 Å². The average molecular weight is 361 g/mol. The number of rotatable bonds is 5. The van der Waals surface area contributed by atoms with Gasteiger partial charge in [0.25, 0.3) is 5.91 Å². The zero-order valence-corrected chi connectivity index (χ0v) is 15.2. The first-order chi connectivity index (χ1) is 13.3. The van der Waals surface area contributed by atoms with Gasteiger partial charge in [-0.3, -0.25) is 4.79 Å². The van der Waals surface area contributed by atoms with E-state index in [9.17, 15) is 4.79 Å². The summed E-state index contributed by atoms with van der Waals surface area (Å²) in [6.07, 6.45) is 5.50. The molecule has 1 fully saturated rings. The summed E-state index contributed by atoms with van der Waals surface area (Å²) in [5, 5.41) is 4.27. The molecule has 2 heterocycles. The fourth-order valence-electron chi connectivity index (χ4n) is 3.47. The van der Waals surface area contributed by atoms with Gasteiger partial charge in [-0.1, -0.05) is 30.3 Å². The van der Waals surface area contributed by atoms with Crippen molar-refractivity contribution in [1.29, 1.82) is 0 Å². The molecule has 5 heteroatoms. The van der Waals surface area contributed by atoms with E-state index in [1.807, 2.05) is 71.8 Å². The summed E-state index contributed by atoms with van der Waals surface area (Å²) in [5.74, 6) is 1.46. The third kappa shape index (κ3) is 4.03. The van der Waals surface area contributed by atoms with E-state index < -0.39 is 0 Å². The van der Waals surface area contributed by atoms with Crippen molar-refractivity contribution in [1.82, 2.24) is 14.7 Å². The van der Waals surface area contributed by atoms with Crippen LogP contribution in [0.3, 0.4) is 0 Å². The highest BCUT2D eigenvalue weighted by molar-refractivity contribution is 5.97. The Hall–Kier alpha value is -3.08. The normalized spacial score (nSPS) is 14.9. The van der Waals surface area contributed by atoms with Crippen LogP contribution in [0.1, 0.15) is 23.2 Å². The highest BCUT2D eigenvalue weighted by Crippen LogP contribution is 2.23. The Morgan fingerprint density at radius 1 is 1.00 bits per heavy atom. The van der Waals surface area contributed by atoms with Crippen LogP contribution in [0.5, 0.6) is 5.75 Å². The van der Waals surface area contributed by atoms with Crippen molar-refractivity contribution >= 4 is 5.91 Å². The quantitative estimate of drug-likeness (QED) is 0.694. The van der Waals surface area contributed by atoms with Gasteiger partial charge in [0.05, 0.1) is 17.9 Å². The van der Waals surface area contributed by atoms with Crippen LogP contribution < -0.4 is 4.74 Å². The Kier molecular flexibility index (Phi) is 5.19. The monoisotopic (exact) mass is 361 g/mol. The number of hydrogen-bond acceptors (Lipinski definition) is 3. The van der Waals surface area contributed by atoms with Gasteiger partial charge in [0.2, 0.25) is 0 Å². The molecule has 1 aliphatic rings. The SMILES string of the molecule is O=C(c1ccccc1-n1cccn1)N1CCC(COc2ccccc2)CC1. The minimum Gasteiger partial charge on any atom is -0.493 e. The fourth-order valence-corrected chi connectivity index (χ4v) is 3.47. The van der Waals surface area contributed by atoms with Gasteiger partial charge < -0.3 is 9.64 Å². The second kappa shape index (κ2) is 8.08. The molecule has 3 aromatic rings. The van der Waals surface area contributed by atoms with Crippen molar-refractivity contribution in [2.75, 3.05) is 19.7 Å². The van der Waals surface area contributed by atoms with E-state index in [0.717, 1.165) is 37.4 Å². The first kappa shape index (κ1) is 17.3. The summed E-state index contributed by atoms with van der Waals surface area (Å²) in [4.78, 5) is 15.0. The third-order valence-electron chi connectivity index (χ3n) is 5.02. The molecule has 0 aliphatic carbocycles. The van der Waals surface area contributed by atoms with Crippen LogP contribution in [0.4, 0.5) is 0 Å². The number of piperidine rings is 1. The number of carbonyl (C=O) groups excluding carboxylic acids is 1. The average Bonchev–Trinajstić information content (AvgIpc) is 3.28. The van der Waals surface area contributed by atoms with Crippen LogP contribution in [0, 0.1) is 5.92 Å². The predicted molar refractivity (Wildman–Crippen MR) is 104 cm³/mol. The number of nitrogens with zero attached hydrogens (tertiary/aromatic N) is 3. The lowest BCUT2D eigenvalue weighted by atomic mass is 9.97. The topological polar surface area (TPSA) is 47.4 Å².